The SMILES string of the molecule is Cc1ccc(CC(O)c2cccc(C)c2Cl)c(Cl)c1. The molecule has 0 bridgehead atoms. The Morgan fingerprint density at radius 2 is 1.84 bits per heavy atom. The zero-order chi connectivity index (χ0) is 14.0. The highest BCUT2D eigenvalue weighted by molar-refractivity contribution is 6.32. The first-order valence-electron chi connectivity index (χ1n) is 6.17. The van der Waals surface area contributed by atoms with E-state index in [1.54, 1.807) is 0 Å². The Morgan fingerprint density at radius 1 is 1.11 bits per heavy atom. The van der Waals surface area contributed by atoms with Gasteiger partial charge in [0, 0.05) is 16.5 Å². The van der Waals surface area contributed by atoms with Crippen LogP contribution in [-0.2, 0) is 6.42 Å². The Balaban J connectivity index is 2.25. The average Bonchev–Trinajstić information content (AvgIpc) is 2.36. The molecule has 0 amide bonds. The molecule has 0 fully saturated rings. The molecule has 0 saturated heterocycles. The quantitative estimate of drug-likeness (QED) is 0.855. The molecule has 0 spiro atoms. The van der Waals surface area contributed by atoms with Crippen LogP contribution in [0, 0.1) is 13.8 Å². The third-order valence-electron chi connectivity index (χ3n) is 3.20. The van der Waals surface area contributed by atoms with Crippen LogP contribution in [0.3, 0.4) is 0 Å². The molecule has 2 aromatic carbocycles. The van der Waals surface area contributed by atoms with Crippen LogP contribution in [0.15, 0.2) is 36.4 Å². The zero-order valence-corrected chi connectivity index (χ0v) is 12.5. The lowest BCUT2D eigenvalue weighted by Gasteiger charge is -2.15. The van der Waals surface area contributed by atoms with Crippen LogP contribution in [0.1, 0.15) is 28.4 Å². The van der Waals surface area contributed by atoms with Crippen molar-refractivity contribution in [1.29, 1.82) is 0 Å². The smallest absolute Gasteiger partial charge is 0.0845 e. The fraction of sp³-hybridized carbons (Fsp3) is 0.250. The van der Waals surface area contributed by atoms with Gasteiger partial charge >= 0.3 is 0 Å². The van der Waals surface area contributed by atoms with Crippen molar-refractivity contribution in [2.45, 2.75) is 26.4 Å². The van der Waals surface area contributed by atoms with Crippen LogP contribution in [0.4, 0.5) is 0 Å². The maximum atomic E-state index is 10.3. The number of hydrogen-bond donors (Lipinski definition) is 1. The van der Waals surface area contributed by atoms with Crippen LogP contribution in [0.2, 0.25) is 10.0 Å². The summed E-state index contributed by atoms with van der Waals surface area (Å²) in [5.41, 5.74) is 3.75. The summed E-state index contributed by atoms with van der Waals surface area (Å²) in [6, 6.07) is 11.5. The van der Waals surface area contributed by atoms with E-state index in [1.165, 1.54) is 0 Å². The van der Waals surface area contributed by atoms with Crippen LogP contribution >= 0.6 is 23.2 Å². The summed E-state index contributed by atoms with van der Waals surface area (Å²) in [5, 5.41) is 11.6. The van der Waals surface area contributed by atoms with E-state index in [9.17, 15) is 5.11 Å². The molecule has 0 aliphatic heterocycles. The molecule has 1 N–H and O–H groups in total. The number of halogens is 2. The molecule has 0 aliphatic rings. The number of aryl methyl sites for hydroxylation is 2. The van der Waals surface area contributed by atoms with Crippen LogP contribution in [0.5, 0.6) is 0 Å². The molecule has 19 heavy (non-hydrogen) atoms. The molecule has 2 aromatic rings. The molecular weight excluding hydrogens is 279 g/mol. The highest BCUT2D eigenvalue weighted by atomic mass is 35.5. The monoisotopic (exact) mass is 294 g/mol. The standard InChI is InChI=1S/C16H16Cl2O/c1-10-6-7-12(14(17)8-10)9-15(19)13-5-3-4-11(2)16(13)18/h3-8,15,19H,9H2,1-2H3. The molecule has 1 atom stereocenters. The Morgan fingerprint density at radius 3 is 2.53 bits per heavy atom. The van der Waals surface area contributed by atoms with E-state index in [4.69, 9.17) is 23.2 Å². The minimum Gasteiger partial charge on any atom is -0.388 e. The number of aliphatic hydroxyl groups is 1. The maximum Gasteiger partial charge on any atom is 0.0845 e. The average molecular weight is 295 g/mol. The van der Waals surface area contributed by atoms with E-state index in [-0.39, 0.29) is 0 Å². The topological polar surface area (TPSA) is 20.2 Å². The van der Waals surface area contributed by atoms with Gasteiger partial charge in [0.1, 0.15) is 0 Å². The number of benzene rings is 2. The minimum atomic E-state index is -0.646. The Labute approximate surface area is 123 Å². The van der Waals surface area contributed by atoms with Gasteiger partial charge in [-0.1, -0.05) is 53.5 Å². The van der Waals surface area contributed by atoms with Crippen LogP contribution < -0.4 is 0 Å². The summed E-state index contributed by atoms with van der Waals surface area (Å²) in [6.45, 7) is 3.92. The lowest BCUT2D eigenvalue weighted by atomic mass is 9.99. The second-order valence-corrected chi connectivity index (χ2v) is 5.58. The Bertz CT molecular complexity index is 593. The zero-order valence-electron chi connectivity index (χ0n) is 11.0. The molecule has 2 rings (SSSR count). The third-order valence-corrected chi connectivity index (χ3v) is 4.07. The van der Waals surface area contributed by atoms with Crippen molar-refractivity contribution in [3.05, 3.63) is 68.7 Å². The van der Waals surface area contributed by atoms with E-state index >= 15 is 0 Å². The van der Waals surface area contributed by atoms with Crippen molar-refractivity contribution in [2.24, 2.45) is 0 Å². The van der Waals surface area contributed by atoms with Gasteiger partial charge in [0.2, 0.25) is 0 Å². The predicted molar refractivity (Wildman–Crippen MR) is 81.0 cm³/mol. The van der Waals surface area contributed by atoms with Gasteiger partial charge in [-0.05, 0) is 42.2 Å². The van der Waals surface area contributed by atoms with Crippen molar-refractivity contribution >= 4 is 23.2 Å². The van der Waals surface area contributed by atoms with Gasteiger partial charge in [-0.2, -0.15) is 0 Å². The Kier molecular flexibility index (Phi) is 4.51. The largest absolute Gasteiger partial charge is 0.388 e. The van der Waals surface area contributed by atoms with E-state index in [0.29, 0.717) is 16.5 Å². The van der Waals surface area contributed by atoms with Crippen molar-refractivity contribution in [3.63, 3.8) is 0 Å². The van der Waals surface area contributed by atoms with Gasteiger partial charge in [0.25, 0.3) is 0 Å². The number of hydrogen-bond acceptors (Lipinski definition) is 1. The third kappa shape index (κ3) is 3.30. The lowest BCUT2D eigenvalue weighted by Crippen LogP contribution is -2.04. The fourth-order valence-electron chi connectivity index (χ4n) is 2.06. The van der Waals surface area contributed by atoms with Crippen molar-refractivity contribution in [1.82, 2.24) is 0 Å². The summed E-state index contributed by atoms with van der Waals surface area (Å²) < 4.78 is 0. The van der Waals surface area contributed by atoms with Gasteiger partial charge in [-0.3, -0.25) is 0 Å². The number of aliphatic hydroxyl groups excluding tert-OH is 1. The first-order valence-corrected chi connectivity index (χ1v) is 6.92. The molecule has 0 aromatic heterocycles. The molecule has 100 valence electrons. The first kappa shape index (κ1) is 14.4. The Hall–Kier alpha value is -1.02. The summed E-state index contributed by atoms with van der Waals surface area (Å²) in [4.78, 5) is 0. The molecule has 0 radical (unpaired) electrons. The molecule has 1 nitrogen and oxygen atoms in total. The van der Waals surface area contributed by atoms with Gasteiger partial charge in [0.05, 0.1) is 6.10 Å². The predicted octanol–water partition coefficient (Wildman–Crippen LogP) is 4.89. The lowest BCUT2D eigenvalue weighted by molar-refractivity contribution is 0.178. The van der Waals surface area contributed by atoms with E-state index in [1.807, 2.05) is 50.2 Å². The number of rotatable bonds is 3. The summed E-state index contributed by atoms with van der Waals surface area (Å²) in [5.74, 6) is 0. The van der Waals surface area contributed by atoms with Gasteiger partial charge in [-0.15, -0.1) is 0 Å². The fourth-order valence-corrected chi connectivity index (χ4v) is 2.63. The summed E-state index contributed by atoms with van der Waals surface area (Å²) >= 11 is 12.4. The van der Waals surface area contributed by atoms with E-state index in [0.717, 1.165) is 22.3 Å². The molecule has 0 saturated carbocycles. The first-order chi connectivity index (χ1) is 8.99. The van der Waals surface area contributed by atoms with Gasteiger partial charge < -0.3 is 5.11 Å². The second kappa shape index (κ2) is 5.96. The van der Waals surface area contributed by atoms with Crippen molar-refractivity contribution in [2.75, 3.05) is 0 Å². The summed E-state index contributed by atoms with van der Waals surface area (Å²) in [6.07, 6.45) is -0.185. The van der Waals surface area contributed by atoms with Crippen LogP contribution in [0.25, 0.3) is 0 Å². The van der Waals surface area contributed by atoms with E-state index < -0.39 is 6.10 Å². The minimum absolute atomic E-state index is 0.461. The summed E-state index contributed by atoms with van der Waals surface area (Å²) in [7, 11) is 0. The van der Waals surface area contributed by atoms with Crippen molar-refractivity contribution in [3.8, 4) is 0 Å². The normalized spacial score (nSPS) is 12.5. The van der Waals surface area contributed by atoms with Gasteiger partial charge in [-0.25, -0.2) is 0 Å². The molecule has 1 unspecified atom stereocenters. The maximum absolute atomic E-state index is 10.3. The molecular formula is C16H16Cl2O. The molecule has 0 heterocycles. The van der Waals surface area contributed by atoms with Crippen LogP contribution in [-0.4, -0.2) is 5.11 Å². The second-order valence-electron chi connectivity index (χ2n) is 4.79. The molecule has 0 aliphatic carbocycles. The van der Waals surface area contributed by atoms with E-state index in [2.05, 4.69) is 0 Å². The molecule has 3 heteroatoms. The van der Waals surface area contributed by atoms with Gasteiger partial charge in [0.15, 0.2) is 0 Å². The highest BCUT2D eigenvalue weighted by Gasteiger charge is 2.14. The van der Waals surface area contributed by atoms with Crippen molar-refractivity contribution < 1.29 is 5.11 Å². The highest BCUT2D eigenvalue weighted by Crippen LogP contribution is 2.30.